The van der Waals surface area contributed by atoms with Crippen LogP contribution in [0.1, 0.15) is 59.3 Å². The quantitative estimate of drug-likeness (QED) is 0.719. The van der Waals surface area contributed by atoms with Crippen LogP contribution in [0.2, 0.25) is 0 Å². The van der Waals surface area contributed by atoms with Crippen LogP contribution in [0.5, 0.6) is 0 Å². The molecule has 1 heterocycles. The third-order valence-electron chi connectivity index (χ3n) is 4.60. The molecule has 0 bridgehead atoms. The fraction of sp³-hybridized carbons (Fsp3) is 0.938. The summed E-state index contributed by atoms with van der Waals surface area (Å²) in [7, 11) is 0. The summed E-state index contributed by atoms with van der Waals surface area (Å²) < 4.78 is 0. The van der Waals surface area contributed by atoms with Gasteiger partial charge in [0.1, 0.15) is 0 Å². The Hall–Kier alpha value is -0.590. The van der Waals surface area contributed by atoms with Crippen molar-refractivity contribution in [1.82, 2.24) is 4.90 Å². The van der Waals surface area contributed by atoms with Crippen molar-refractivity contribution in [3.05, 3.63) is 0 Å². The second-order valence-electron chi connectivity index (χ2n) is 6.68. The lowest BCUT2D eigenvalue weighted by Crippen LogP contribution is -2.46. The summed E-state index contributed by atoms with van der Waals surface area (Å²) in [6.07, 6.45) is 7.24. The van der Waals surface area contributed by atoms with Gasteiger partial charge in [0, 0.05) is 12.6 Å². The van der Waals surface area contributed by atoms with E-state index in [1.807, 2.05) is 13.8 Å². The molecular formula is C16H31N3. The summed E-state index contributed by atoms with van der Waals surface area (Å²) in [6.45, 7) is 9.50. The monoisotopic (exact) mass is 265 g/mol. The maximum absolute atomic E-state index is 9.00. The standard InChI is InChI=1S/C16H31N3/c1-4-14-7-10-19(15(11-14)12-17)9-6-5-8-16(2,3)13-18/h14-15H,4-12,17H2,1-3H3. The van der Waals surface area contributed by atoms with Crippen molar-refractivity contribution >= 4 is 0 Å². The first kappa shape index (κ1) is 16.5. The maximum Gasteiger partial charge on any atom is 0.0683 e. The highest BCUT2D eigenvalue weighted by molar-refractivity contribution is 4.91. The van der Waals surface area contributed by atoms with Gasteiger partial charge >= 0.3 is 0 Å². The number of rotatable bonds is 7. The average Bonchev–Trinajstić information content (AvgIpc) is 2.43. The molecule has 0 aliphatic carbocycles. The molecular weight excluding hydrogens is 234 g/mol. The first-order valence-electron chi connectivity index (χ1n) is 7.87. The van der Waals surface area contributed by atoms with E-state index in [0.29, 0.717) is 6.04 Å². The molecule has 0 aromatic carbocycles. The first-order valence-corrected chi connectivity index (χ1v) is 7.87. The fourth-order valence-electron chi connectivity index (χ4n) is 3.03. The molecule has 2 atom stereocenters. The molecule has 0 amide bonds. The number of nitrogens with zero attached hydrogens (tertiary/aromatic N) is 2. The largest absolute Gasteiger partial charge is 0.329 e. The second kappa shape index (κ2) is 7.87. The van der Waals surface area contributed by atoms with Crippen LogP contribution >= 0.6 is 0 Å². The zero-order valence-electron chi connectivity index (χ0n) is 13.0. The van der Waals surface area contributed by atoms with Crippen LogP contribution in [-0.2, 0) is 0 Å². The van der Waals surface area contributed by atoms with Crippen molar-refractivity contribution in [2.24, 2.45) is 17.1 Å². The summed E-state index contributed by atoms with van der Waals surface area (Å²) in [5.41, 5.74) is 5.76. The number of nitriles is 1. The molecule has 2 unspecified atom stereocenters. The molecule has 3 heteroatoms. The van der Waals surface area contributed by atoms with E-state index in [9.17, 15) is 0 Å². The van der Waals surface area contributed by atoms with Crippen molar-refractivity contribution in [3.8, 4) is 6.07 Å². The van der Waals surface area contributed by atoms with Gasteiger partial charge in [-0.05, 0) is 58.5 Å². The van der Waals surface area contributed by atoms with E-state index < -0.39 is 0 Å². The highest BCUT2D eigenvalue weighted by Gasteiger charge is 2.26. The molecule has 19 heavy (non-hydrogen) atoms. The SMILES string of the molecule is CCC1CCN(CCCCC(C)(C)C#N)C(CN)C1. The molecule has 0 spiro atoms. The van der Waals surface area contributed by atoms with Crippen molar-refractivity contribution in [1.29, 1.82) is 5.26 Å². The van der Waals surface area contributed by atoms with Crippen molar-refractivity contribution in [2.75, 3.05) is 19.6 Å². The molecule has 1 saturated heterocycles. The molecule has 0 saturated carbocycles. The van der Waals surface area contributed by atoms with Gasteiger partial charge in [0.2, 0.25) is 0 Å². The van der Waals surface area contributed by atoms with Crippen LogP contribution in [0.25, 0.3) is 0 Å². The van der Waals surface area contributed by atoms with Crippen LogP contribution in [-0.4, -0.2) is 30.6 Å². The lowest BCUT2D eigenvalue weighted by atomic mass is 9.87. The Bertz CT molecular complexity index is 293. The molecule has 1 fully saturated rings. The minimum absolute atomic E-state index is 0.164. The smallest absolute Gasteiger partial charge is 0.0683 e. The fourth-order valence-corrected chi connectivity index (χ4v) is 3.03. The Kier molecular flexibility index (Phi) is 6.82. The summed E-state index contributed by atoms with van der Waals surface area (Å²) in [4.78, 5) is 2.57. The second-order valence-corrected chi connectivity index (χ2v) is 6.68. The zero-order chi connectivity index (χ0) is 14.3. The topological polar surface area (TPSA) is 53.0 Å². The van der Waals surface area contributed by atoms with E-state index >= 15 is 0 Å². The van der Waals surface area contributed by atoms with Crippen molar-refractivity contribution in [2.45, 2.75) is 65.3 Å². The van der Waals surface area contributed by atoms with Gasteiger partial charge in [-0.1, -0.05) is 19.8 Å². The highest BCUT2D eigenvalue weighted by atomic mass is 15.2. The third-order valence-corrected chi connectivity index (χ3v) is 4.60. The van der Waals surface area contributed by atoms with Gasteiger partial charge in [0.05, 0.1) is 11.5 Å². The lowest BCUT2D eigenvalue weighted by Gasteiger charge is -2.39. The predicted octanol–water partition coefficient (Wildman–Crippen LogP) is 3.16. The van der Waals surface area contributed by atoms with Gasteiger partial charge in [0.15, 0.2) is 0 Å². The van der Waals surface area contributed by atoms with Crippen LogP contribution in [0, 0.1) is 22.7 Å². The Morgan fingerprint density at radius 3 is 2.68 bits per heavy atom. The summed E-state index contributed by atoms with van der Waals surface area (Å²) in [5.74, 6) is 0.877. The average molecular weight is 265 g/mol. The number of likely N-dealkylation sites (tertiary alicyclic amines) is 1. The molecule has 0 radical (unpaired) electrons. The van der Waals surface area contributed by atoms with Crippen LogP contribution in [0.3, 0.4) is 0 Å². The molecule has 1 rings (SSSR count). The molecule has 110 valence electrons. The van der Waals surface area contributed by atoms with E-state index in [0.717, 1.165) is 31.8 Å². The van der Waals surface area contributed by atoms with Gasteiger partial charge in [-0.15, -0.1) is 0 Å². The van der Waals surface area contributed by atoms with Crippen LogP contribution in [0.15, 0.2) is 0 Å². The first-order chi connectivity index (χ1) is 9.02. The molecule has 0 aromatic heterocycles. The number of hydrogen-bond acceptors (Lipinski definition) is 3. The van der Waals surface area contributed by atoms with Gasteiger partial charge < -0.3 is 5.73 Å². The lowest BCUT2D eigenvalue weighted by molar-refractivity contribution is 0.112. The molecule has 3 nitrogen and oxygen atoms in total. The van der Waals surface area contributed by atoms with Crippen molar-refractivity contribution < 1.29 is 0 Å². The summed E-state index contributed by atoms with van der Waals surface area (Å²) in [5, 5.41) is 9.00. The normalized spacial score (nSPS) is 25.2. The Morgan fingerprint density at radius 2 is 2.11 bits per heavy atom. The Balaban J connectivity index is 2.27. The van der Waals surface area contributed by atoms with E-state index in [1.54, 1.807) is 0 Å². The Morgan fingerprint density at radius 1 is 1.37 bits per heavy atom. The number of piperidine rings is 1. The maximum atomic E-state index is 9.00. The molecule has 1 aliphatic rings. The van der Waals surface area contributed by atoms with Gasteiger partial charge in [0.25, 0.3) is 0 Å². The van der Waals surface area contributed by atoms with E-state index in [-0.39, 0.29) is 5.41 Å². The van der Waals surface area contributed by atoms with Crippen molar-refractivity contribution in [3.63, 3.8) is 0 Å². The van der Waals surface area contributed by atoms with Gasteiger partial charge in [-0.25, -0.2) is 0 Å². The predicted molar refractivity (Wildman–Crippen MR) is 80.7 cm³/mol. The van der Waals surface area contributed by atoms with E-state index in [4.69, 9.17) is 11.0 Å². The molecule has 0 aromatic rings. The molecule has 1 aliphatic heterocycles. The van der Waals surface area contributed by atoms with Crippen LogP contribution < -0.4 is 5.73 Å². The summed E-state index contributed by atoms with van der Waals surface area (Å²) in [6, 6.07) is 2.97. The minimum Gasteiger partial charge on any atom is -0.329 e. The van der Waals surface area contributed by atoms with E-state index in [2.05, 4.69) is 17.9 Å². The molecule has 2 N–H and O–H groups in total. The highest BCUT2D eigenvalue weighted by Crippen LogP contribution is 2.26. The minimum atomic E-state index is -0.164. The zero-order valence-corrected chi connectivity index (χ0v) is 13.0. The van der Waals surface area contributed by atoms with Crippen LogP contribution in [0.4, 0.5) is 0 Å². The van der Waals surface area contributed by atoms with Gasteiger partial charge in [-0.2, -0.15) is 5.26 Å². The number of unbranched alkanes of at least 4 members (excludes halogenated alkanes) is 1. The number of nitrogens with two attached hydrogens (primary N) is 1. The summed E-state index contributed by atoms with van der Waals surface area (Å²) >= 11 is 0. The van der Waals surface area contributed by atoms with E-state index in [1.165, 1.54) is 32.2 Å². The Labute approximate surface area is 119 Å². The number of hydrogen-bond donors (Lipinski definition) is 1. The van der Waals surface area contributed by atoms with Gasteiger partial charge in [-0.3, -0.25) is 4.90 Å². The third kappa shape index (κ3) is 5.50.